The van der Waals surface area contributed by atoms with E-state index in [0.29, 0.717) is 23.2 Å². The maximum Gasteiger partial charge on any atom is 0.191 e. The number of nitrogens with one attached hydrogen (secondary N) is 1. The second kappa shape index (κ2) is 7.59. The van der Waals surface area contributed by atoms with Crippen molar-refractivity contribution in [2.24, 2.45) is 0 Å². The number of hydrogen-bond acceptors (Lipinski definition) is 6. The molecule has 0 bridgehead atoms. The summed E-state index contributed by atoms with van der Waals surface area (Å²) in [4.78, 5) is 8.68. The van der Waals surface area contributed by atoms with Crippen LogP contribution >= 0.6 is 11.8 Å². The average molecular weight is 367 g/mol. The number of aliphatic hydroxyl groups is 1. The average Bonchev–Trinajstić information content (AvgIpc) is 3.42. The maximum absolute atomic E-state index is 9.18. The van der Waals surface area contributed by atoms with Gasteiger partial charge in [0.05, 0.1) is 12.0 Å². The van der Waals surface area contributed by atoms with E-state index in [0.717, 1.165) is 22.7 Å². The van der Waals surface area contributed by atoms with Gasteiger partial charge in [0.1, 0.15) is 12.0 Å². The van der Waals surface area contributed by atoms with Crippen LogP contribution in [0.1, 0.15) is 6.42 Å². The normalized spacial score (nSPS) is 11.1. The van der Waals surface area contributed by atoms with Crippen LogP contribution in [0, 0.1) is 0 Å². The third-order valence-corrected chi connectivity index (χ3v) is 4.66. The Morgan fingerprint density at radius 1 is 1.12 bits per heavy atom. The molecule has 7 nitrogen and oxygen atoms in total. The number of aromatic amines is 1. The van der Waals surface area contributed by atoms with E-state index < -0.39 is 0 Å². The number of aryl methyl sites for hydroxylation is 1. The quantitative estimate of drug-likeness (QED) is 0.520. The van der Waals surface area contributed by atoms with E-state index in [-0.39, 0.29) is 6.61 Å². The van der Waals surface area contributed by atoms with Gasteiger partial charge in [0.15, 0.2) is 16.0 Å². The van der Waals surface area contributed by atoms with E-state index in [1.807, 2.05) is 47.0 Å². The first-order chi connectivity index (χ1) is 12.8. The van der Waals surface area contributed by atoms with Crippen LogP contribution in [0.15, 0.2) is 69.8 Å². The van der Waals surface area contributed by atoms with Crippen molar-refractivity contribution >= 4 is 11.8 Å². The van der Waals surface area contributed by atoms with E-state index >= 15 is 0 Å². The van der Waals surface area contributed by atoms with Gasteiger partial charge in [0, 0.05) is 18.7 Å². The van der Waals surface area contributed by atoms with Crippen molar-refractivity contribution < 1.29 is 9.52 Å². The molecule has 0 spiro atoms. The largest absolute Gasteiger partial charge is 0.448 e. The minimum absolute atomic E-state index is 0.128. The highest BCUT2D eigenvalue weighted by Crippen LogP contribution is 2.35. The molecule has 2 N–H and O–H groups in total. The second-order valence-electron chi connectivity index (χ2n) is 5.59. The molecule has 8 heteroatoms. The van der Waals surface area contributed by atoms with Gasteiger partial charge in [-0.3, -0.25) is 5.10 Å². The van der Waals surface area contributed by atoms with Gasteiger partial charge in [-0.05, 0) is 30.3 Å². The predicted octanol–water partition coefficient (Wildman–Crippen LogP) is 3.46. The molecule has 0 radical (unpaired) electrons. The molecular weight excluding hydrogens is 350 g/mol. The number of aromatic nitrogens is 5. The van der Waals surface area contributed by atoms with Crippen molar-refractivity contribution in [3.63, 3.8) is 0 Å². The zero-order valence-electron chi connectivity index (χ0n) is 13.9. The van der Waals surface area contributed by atoms with Crippen molar-refractivity contribution in [3.05, 3.63) is 55.1 Å². The third-order valence-electron chi connectivity index (χ3n) is 3.85. The van der Waals surface area contributed by atoms with Crippen molar-refractivity contribution in [3.8, 4) is 22.7 Å². The zero-order valence-corrected chi connectivity index (χ0v) is 14.7. The molecule has 0 aliphatic heterocycles. The maximum atomic E-state index is 9.18. The molecule has 132 valence electrons. The van der Waals surface area contributed by atoms with Gasteiger partial charge in [-0.15, -0.1) is 0 Å². The fourth-order valence-corrected chi connectivity index (χ4v) is 3.36. The highest BCUT2D eigenvalue weighted by atomic mass is 32.2. The van der Waals surface area contributed by atoms with Crippen LogP contribution < -0.4 is 0 Å². The molecule has 3 aromatic heterocycles. The zero-order chi connectivity index (χ0) is 17.8. The Morgan fingerprint density at radius 3 is 2.77 bits per heavy atom. The van der Waals surface area contributed by atoms with Crippen molar-refractivity contribution in [2.75, 3.05) is 6.61 Å². The molecule has 0 saturated carbocycles. The van der Waals surface area contributed by atoms with Crippen LogP contribution in [0.3, 0.4) is 0 Å². The molecule has 0 atom stereocenters. The molecule has 0 amide bonds. The van der Waals surface area contributed by atoms with Crippen LogP contribution in [0.4, 0.5) is 0 Å². The van der Waals surface area contributed by atoms with Gasteiger partial charge in [0.25, 0.3) is 0 Å². The highest BCUT2D eigenvalue weighted by molar-refractivity contribution is 7.99. The molecule has 3 heterocycles. The third kappa shape index (κ3) is 3.42. The summed E-state index contributed by atoms with van der Waals surface area (Å²) in [7, 11) is 0. The summed E-state index contributed by atoms with van der Waals surface area (Å²) >= 11 is 1.37. The number of furan rings is 1. The van der Waals surface area contributed by atoms with Crippen LogP contribution in [-0.4, -0.2) is 36.4 Å². The fraction of sp³-hybridized carbons (Fsp3) is 0.167. The minimum Gasteiger partial charge on any atom is -0.448 e. The lowest BCUT2D eigenvalue weighted by Crippen LogP contribution is -2.00. The topological polar surface area (TPSA) is 92.8 Å². The monoisotopic (exact) mass is 367 g/mol. The second-order valence-corrected chi connectivity index (χ2v) is 6.58. The summed E-state index contributed by atoms with van der Waals surface area (Å²) in [6, 6.07) is 13.8. The smallest absolute Gasteiger partial charge is 0.191 e. The Hall–Kier alpha value is -2.84. The summed E-state index contributed by atoms with van der Waals surface area (Å²) in [5.74, 6) is 0.723. The Morgan fingerprint density at radius 2 is 2.00 bits per heavy atom. The van der Waals surface area contributed by atoms with Gasteiger partial charge in [-0.2, -0.15) is 5.10 Å². The lowest BCUT2D eigenvalue weighted by molar-refractivity contribution is 0.280. The van der Waals surface area contributed by atoms with Gasteiger partial charge in [0.2, 0.25) is 0 Å². The number of H-pyrrole nitrogens is 1. The number of hydrogen-bond donors (Lipinski definition) is 2. The summed E-state index contributed by atoms with van der Waals surface area (Å²) in [6.07, 6.45) is 3.90. The molecule has 1 aromatic carbocycles. The van der Waals surface area contributed by atoms with Gasteiger partial charge in [-0.1, -0.05) is 30.3 Å². The van der Waals surface area contributed by atoms with Crippen LogP contribution in [0.2, 0.25) is 0 Å². The first kappa shape index (κ1) is 16.6. The minimum atomic E-state index is 0.128. The van der Waals surface area contributed by atoms with Crippen molar-refractivity contribution in [2.45, 2.75) is 23.2 Å². The lowest BCUT2D eigenvalue weighted by Gasteiger charge is -2.07. The van der Waals surface area contributed by atoms with Crippen molar-refractivity contribution in [1.29, 1.82) is 0 Å². The lowest BCUT2D eigenvalue weighted by atomic mass is 10.1. The molecule has 26 heavy (non-hydrogen) atoms. The Balaban J connectivity index is 1.72. The van der Waals surface area contributed by atoms with E-state index in [4.69, 9.17) is 4.42 Å². The molecule has 0 aliphatic carbocycles. The molecule has 0 fully saturated rings. The molecular formula is C18H17N5O2S. The van der Waals surface area contributed by atoms with Crippen molar-refractivity contribution in [1.82, 2.24) is 24.7 Å². The van der Waals surface area contributed by atoms with E-state index in [9.17, 15) is 5.11 Å². The number of imidazole rings is 1. The first-order valence-corrected chi connectivity index (χ1v) is 9.01. The van der Waals surface area contributed by atoms with Gasteiger partial charge >= 0.3 is 0 Å². The van der Waals surface area contributed by atoms with Crippen LogP contribution in [0.25, 0.3) is 22.7 Å². The first-order valence-electron chi connectivity index (χ1n) is 8.20. The number of rotatable bonds is 7. The van der Waals surface area contributed by atoms with Gasteiger partial charge < -0.3 is 14.1 Å². The van der Waals surface area contributed by atoms with E-state index in [2.05, 4.69) is 20.2 Å². The van der Waals surface area contributed by atoms with Gasteiger partial charge in [-0.25, -0.2) is 9.97 Å². The number of benzene rings is 1. The molecule has 0 unspecified atom stereocenters. The number of nitrogens with zero attached hydrogens (tertiary/aromatic N) is 4. The van der Waals surface area contributed by atoms with E-state index in [1.54, 1.807) is 6.33 Å². The summed E-state index contributed by atoms with van der Waals surface area (Å²) < 4.78 is 8.05. The predicted molar refractivity (Wildman–Crippen MR) is 97.6 cm³/mol. The number of aliphatic hydroxyl groups excluding tert-OH is 1. The SMILES string of the molecule is OCCCn1cnc(-c2ccccc2)c1-c1ccc(Sc2ncn[nH]2)o1. The fourth-order valence-electron chi connectivity index (χ4n) is 2.70. The Kier molecular flexibility index (Phi) is 4.85. The standard InChI is InChI=1S/C18H17N5O2S/c24-10-4-9-23-12-20-16(13-5-2-1-3-6-13)17(23)14-7-8-15(25-14)26-18-19-11-21-22-18/h1-3,5-8,11-12,24H,4,9-10H2,(H,19,21,22). The Bertz CT molecular complexity index is 963. The van der Waals surface area contributed by atoms with E-state index in [1.165, 1.54) is 18.1 Å². The molecule has 0 aliphatic rings. The Labute approximate surface area is 154 Å². The van der Waals surface area contributed by atoms with Crippen LogP contribution in [0.5, 0.6) is 0 Å². The molecule has 4 aromatic rings. The van der Waals surface area contributed by atoms with Crippen LogP contribution in [-0.2, 0) is 6.54 Å². The highest BCUT2D eigenvalue weighted by Gasteiger charge is 2.18. The summed E-state index contributed by atoms with van der Waals surface area (Å²) in [6.45, 7) is 0.792. The molecule has 4 rings (SSSR count). The molecule has 0 saturated heterocycles. The summed E-state index contributed by atoms with van der Waals surface area (Å²) in [5.41, 5.74) is 2.77. The summed E-state index contributed by atoms with van der Waals surface area (Å²) in [5, 5.41) is 17.2.